The van der Waals surface area contributed by atoms with E-state index in [9.17, 15) is 9.59 Å². The second-order valence-corrected chi connectivity index (χ2v) is 10.4. The van der Waals surface area contributed by atoms with Crippen LogP contribution in [0, 0.1) is 13.8 Å². The SMILES string of the molecule is CC[C@H](C)NC(=O)[C@H](Cc1ccccc1)N(Cc1ccccc1C)C(=O)CSCc1ccccc1C. The molecule has 0 radical (unpaired) electrons. The van der Waals surface area contributed by atoms with Gasteiger partial charge < -0.3 is 10.2 Å². The molecule has 2 atom stereocenters. The van der Waals surface area contributed by atoms with E-state index in [4.69, 9.17) is 0 Å². The molecule has 3 rings (SSSR count). The van der Waals surface area contributed by atoms with Gasteiger partial charge in [-0.15, -0.1) is 11.8 Å². The first-order valence-corrected chi connectivity index (χ1v) is 13.8. The molecule has 5 heteroatoms. The average molecular weight is 503 g/mol. The van der Waals surface area contributed by atoms with Crippen molar-refractivity contribution in [2.24, 2.45) is 0 Å². The van der Waals surface area contributed by atoms with Crippen molar-refractivity contribution >= 4 is 23.6 Å². The first-order valence-electron chi connectivity index (χ1n) is 12.7. The highest BCUT2D eigenvalue weighted by Gasteiger charge is 2.31. The van der Waals surface area contributed by atoms with Crippen molar-refractivity contribution in [3.8, 4) is 0 Å². The maximum atomic E-state index is 13.8. The van der Waals surface area contributed by atoms with Gasteiger partial charge in [-0.2, -0.15) is 0 Å². The highest BCUT2D eigenvalue weighted by molar-refractivity contribution is 7.99. The fraction of sp³-hybridized carbons (Fsp3) is 0.355. The lowest BCUT2D eigenvalue weighted by Crippen LogP contribution is -2.52. The van der Waals surface area contributed by atoms with Gasteiger partial charge in [0.1, 0.15) is 6.04 Å². The van der Waals surface area contributed by atoms with Gasteiger partial charge in [0.25, 0.3) is 0 Å². The predicted octanol–water partition coefficient (Wildman–Crippen LogP) is 6.09. The average Bonchev–Trinajstić information content (AvgIpc) is 2.88. The molecule has 0 aliphatic heterocycles. The maximum absolute atomic E-state index is 13.8. The zero-order chi connectivity index (χ0) is 25.9. The maximum Gasteiger partial charge on any atom is 0.243 e. The summed E-state index contributed by atoms with van der Waals surface area (Å²) in [5.41, 5.74) is 5.67. The summed E-state index contributed by atoms with van der Waals surface area (Å²) in [6.07, 6.45) is 1.31. The molecule has 0 aliphatic rings. The van der Waals surface area contributed by atoms with Crippen LogP contribution in [0.15, 0.2) is 78.9 Å². The number of hydrogen-bond donors (Lipinski definition) is 1. The van der Waals surface area contributed by atoms with Gasteiger partial charge in [0, 0.05) is 24.8 Å². The number of carbonyl (C=O) groups is 2. The summed E-state index contributed by atoms with van der Waals surface area (Å²) in [5.74, 6) is 0.970. The summed E-state index contributed by atoms with van der Waals surface area (Å²) in [6.45, 7) is 8.61. The van der Waals surface area contributed by atoms with Crippen LogP contribution in [0.2, 0.25) is 0 Å². The van der Waals surface area contributed by atoms with Gasteiger partial charge in [0.15, 0.2) is 0 Å². The molecule has 0 unspecified atom stereocenters. The Morgan fingerprint density at radius 2 is 1.44 bits per heavy atom. The number of rotatable bonds is 12. The normalized spacial score (nSPS) is 12.6. The molecule has 4 nitrogen and oxygen atoms in total. The van der Waals surface area contributed by atoms with Crippen molar-refractivity contribution in [1.29, 1.82) is 0 Å². The number of thioether (sulfide) groups is 1. The van der Waals surface area contributed by atoms with Crippen LogP contribution in [0.1, 0.15) is 48.1 Å². The van der Waals surface area contributed by atoms with Crippen LogP contribution in [-0.4, -0.2) is 34.6 Å². The molecule has 190 valence electrons. The van der Waals surface area contributed by atoms with Crippen LogP contribution in [0.4, 0.5) is 0 Å². The number of benzene rings is 3. The van der Waals surface area contributed by atoms with E-state index >= 15 is 0 Å². The van der Waals surface area contributed by atoms with Crippen molar-refractivity contribution in [3.05, 3.63) is 107 Å². The standard InChI is InChI=1S/C31H38N2O2S/c1-5-25(4)32-31(35)29(19-26-15-7-6-8-16-26)33(20-27-17-11-9-13-23(27)2)30(34)22-36-21-28-18-12-10-14-24(28)3/h6-18,25,29H,5,19-22H2,1-4H3,(H,32,35)/t25-,29-/m0/s1. The summed E-state index contributed by atoms with van der Waals surface area (Å²) < 4.78 is 0. The monoisotopic (exact) mass is 502 g/mol. The quantitative estimate of drug-likeness (QED) is 0.326. The van der Waals surface area contributed by atoms with E-state index in [1.54, 1.807) is 16.7 Å². The van der Waals surface area contributed by atoms with Crippen LogP contribution in [0.25, 0.3) is 0 Å². The lowest BCUT2D eigenvalue weighted by atomic mass is 10.0. The van der Waals surface area contributed by atoms with Crippen molar-refractivity contribution in [1.82, 2.24) is 10.2 Å². The Kier molecular flexibility index (Phi) is 10.6. The molecular formula is C31H38N2O2S. The minimum atomic E-state index is -0.590. The summed E-state index contributed by atoms with van der Waals surface area (Å²) >= 11 is 1.60. The van der Waals surface area contributed by atoms with Gasteiger partial charge in [0.2, 0.25) is 11.8 Å². The molecule has 0 spiro atoms. The Morgan fingerprint density at radius 3 is 2.06 bits per heavy atom. The van der Waals surface area contributed by atoms with Gasteiger partial charge in [-0.1, -0.05) is 85.8 Å². The molecule has 1 N–H and O–H groups in total. The second-order valence-electron chi connectivity index (χ2n) is 9.39. The Morgan fingerprint density at radius 1 is 0.861 bits per heavy atom. The van der Waals surface area contributed by atoms with E-state index in [2.05, 4.69) is 44.3 Å². The van der Waals surface area contributed by atoms with Crippen LogP contribution >= 0.6 is 11.8 Å². The molecule has 0 aromatic heterocycles. The van der Waals surface area contributed by atoms with Gasteiger partial charge in [-0.25, -0.2) is 0 Å². The lowest BCUT2D eigenvalue weighted by molar-refractivity contribution is -0.139. The second kappa shape index (κ2) is 13.9. The molecule has 0 bridgehead atoms. The van der Waals surface area contributed by atoms with Crippen molar-refractivity contribution in [2.75, 3.05) is 5.75 Å². The van der Waals surface area contributed by atoms with Gasteiger partial charge in [0.05, 0.1) is 5.75 Å². The zero-order valence-electron chi connectivity index (χ0n) is 21.9. The highest BCUT2D eigenvalue weighted by atomic mass is 32.2. The third-order valence-electron chi connectivity index (χ3n) is 6.62. The molecular weight excluding hydrogens is 464 g/mol. The van der Waals surface area contributed by atoms with E-state index in [-0.39, 0.29) is 17.9 Å². The molecule has 2 amide bonds. The number of hydrogen-bond acceptors (Lipinski definition) is 3. The minimum absolute atomic E-state index is 0.0166. The van der Waals surface area contributed by atoms with E-state index in [0.717, 1.165) is 28.9 Å². The zero-order valence-corrected chi connectivity index (χ0v) is 22.7. The Labute approximate surface area is 220 Å². The summed E-state index contributed by atoms with van der Waals surface area (Å²) in [4.78, 5) is 29.1. The highest BCUT2D eigenvalue weighted by Crippen LogP contribution is 2.21. The Bertz CT molecular complexity index is 1130. The third kappa shape index (κ3) is 7.99. The number of carbonyl (C=O) groups excluding carboxylic acids is 2. The molecule has 3 aromatic rings. The van der Waals surface area contributed by atoms with E-state index in [1.807, 2.05) is 67.6 Å². The smallest absolute Gasteiger partial charge is 0.243 e. The van der Waals surface area contributed by atoms with E-state index in [1.165, 1.54) is 11.1 Å². The Balaban J connectivity index is 1.87. The molecule has 0 saturated carbocycles. The number of nitrogens with one attached hydrogen (secondary N) is 1. The van der Waals surface area contributed by atoms with Crippen LogP contribution in [0.3, 0.4) is 0 Å². The molecule has 0 aliphatic carbocycles. The van der Waals surface area contributed by atoms with Crippen molar-refractivity contribution in [2.45, 2.75) is 64.9 Å². The number of amides is 2. The molecule has 0 saturated heterocycles. The van der Waals surface area contributed by atoms with Crippen molar-refractivity contribution in [3.63, 3.8) is 0 Å². The molecule has 36 heavy (non-hydrogen) atoms. The Hall–Kier alpha value is -3.05. The largest absolute Gasteiger partial charge is 0.352 e. The van der Waals surface area contributed by atoms with E-state index in [0.29, 0.717) is 18.7 Å². The number of nitrogens with zero attached hydrogens (tertiary/aromatic N) is 1. The summed E-state index contributed by atoms with van der Waals surface area (Å²) in [6, 6.07) is 25.8. The molecule has 3 aromatic carbocycles. The first kappa shape index (κ1) is 27.5. The first-order chi connectivity index (χ1) is 17.4. The predicted molar refractivity (Wildman–Crippen MR) is 151 cm³/mol. The van der Waals surface area contributed by atoms with Crippen LogP contribution in [0.5, 0.6) is 0 Å². The summed E-state index contributed by atoms with van der Waals surface area (Å²) in [5, 5.41) is 3.14. The topological polar surface area (TPSA) is 49.4 Å². The van der Waals surface area contributed by atoms with Gasteiger partial charge in [-0.05, 0) is 55.0 Å². The fourth-order valence-electron chi connectivity index (χ4n) is 4.07. The molecule has 0 fully saturated rings. The van der Waals surface area contributed by atoms with Gasteiger partial charge in [-0.3, -0.25) is 9.59 Å². The van der Waals surface area contributed by atoms with Gasteiger partial charge >= 0.3 is 0 Å². The van der Waals surface area contributed by atoms with E-state index < -0.39 is 6.04 Å². The van der Waals surface area contributed by atoms with Crippen molar-refractivity contribution < 1.29 is 9.59 Å². The lowest BCUT2D eigenvalue weighted by Gasteiger charge is -2.32. The summed E-state index contributed by atoms with van der Waals surface area (Å²) in [7, 11) is 0. The minimum Gasteiger partial charge on any atom is -0.352 e. The third-order valence-corrected chi connectivity index (χ3v) is 7.58. The van der Waals surface area contributed by atoms with Crippen LogP contribution < -0.4 is 5.32 Å². The fourth-order valence-corrected chi connectivity index (χ4v) is 5.06. The number of aryl methyl sites for hydroxylation is 2. The molecule has 0 heterocycles. The van der Waals surface area contributed by atoms with Crippen LogP contribution in [-0.2, 0) is 28.3 Å².